The first-order chi connectivity index (χ1) is 8.58. The number of carbonyl (C=O) groups excluding carboxylic acids is 2. The largest absolute Gasteiger partial charge is 0.397 e. The van der Waals surface area contributed by atoms with Gasteiger partial charge in [0.05, 0.1) is 6.61 Å². The number of aliphatic hydroxyl groups excluding tert-OH is 3. The van der Waals surface area contributed by atoms with Crippen LogP contribution < -0.4 is 5.32 Å². The molecule has 0 aromatic carbocycles. The van der Waals surface area contributed by atoms with Gasteiger partial charge in [-0.15, -0.1) is 0 Å². The molecule has 0 aliphatic carbocycles. The fourth-order valence-electron chi connectivity index (χ4n) is 1.13. The summed E-state index contributed by atoms with van der Waals surface area (Å²) >= 11 is 0. The van der Waals surface area contributed by atoms with E-state index in [0.717, 1.165) is 6.92 Å². The summed E-state index contributed by atoms with van der Waals surface area (Å²) in [4.78, 5) is 21.3. The fourth-order valence-corrected chi connectivity index (χ4v) is 1.44. The SMILES string of the molecule is CC(=O)N[C@@H](C=O)[C@@H](O)[C@@H](O)[C@H](O)COS(=O)(=O)O.[Na]. The molecule has 0 heterocycles. The molecule has 0 saturated heterocycles. The van der Waals surface area contributed by atoms with Crippen LogP contribution in [-0.4, -0.2) is 101 Å². The first kappa shape index (κ1) is 22.2. The van der Waals surface area contributed by atoms with E-state index in [1.165, 1.54) is 0 Å². The van der Waals surface area contributed by atoms with Gasteiger partial charge in [-0.3, -0.25) is 9.35 Å². The molecule has 20 heavy (non-hydrogen) atoms. The van der Waals surface area contributed by atoms with Crippen molar-refractivity contribution in [1.82, 2.24) is 5.32 Å². The molecule has 1 radical (unpaired) electrons. The molecule has 0 rings (SSSR count). The molecule has 0 aromatic heterocycles. The standard InChI is InChI=1S/C8H15NO9S.Na/c1-4(11)9-5(2-10)7(13)8(14)6(12)3-18-19(15,16)17;/h2,5-8,12-14H,3H2,1H3,(H,9,11)(H,15,16,17);/t5-,6+,7+,8-;/m0./s1. The van der Waals surface area contributed by atoms with E-state index in [9.17, 15) is 33.3 Å². The monoisotopic (exact) mass is 324 g/mol. The van der Waals surface area contributed by atoms with Gasteiger partial charge in [-0.05, 0) is 0 Å². The van der Waals surface area contributed by atoms with Gasteiger partial charge in [0.25, 0.3) is 0 Å². The van der Waals surface area contributed by atoms with Gasteiger partial charge < -0.3 is 25.4 Å². The molecular weight excluding hydrogens is 309 g/mol. The Labute approximate surface area is 137 Å². The summed E-state index contributed by atoms with van der Waals surface area (Å²) < 4.78 is 32.5. The topological polar surface area (TPSA) is 170 Å². The van der Waals surface area contributed by atoms with Gasteiger partial charge in [0.15, 0.2) is 0 Å². The number of hydrogen-bond donors (Lipinski definition) is 5. The van der Waals surface area contributed by atoms with Gasteiger partial charge in [-0.1, -0.05) is 0 Å². The predicted octanol–water partition coefficient (Wildman–Crippen LogP) is -3.79. The van der Waals surface area contributed by atoms with Crippen LogP contribution in [0.4, 0.5) is 0 Å². The number of aldehydes is 1. The third-order valence-electron chi connectivity index (χ3n) is 2.02. The van der Waals surface area contributed by atoms with E-state index in [0.29, 0.717) is 0 Å². The Morgan fingerprint density at radius 2 is 1.80 bits per heavy atom. The summed E-state index contributed by atoms with van der Waals surface area (Å²) in [5.74, 6) is -0.660. The Kier molecular flexibility index (Phi) is 10.8. The maximum absolute atomic E-state index is 10.7. The molecule has 0 aliphatic rings. The third-order valence-corrected chi connectivity index (χ3v) is 2.45. The van der Waals surface area contributed by atoms with Crippen LogP contribution in [0.2, 0.25) is 0 Å². The molecule has 4 atom stereocenters. The van der Waals surface area contributed by atoms with Crippen molar-refractivity contribution >= 4 is 52.1 Å². The van der Waals surface area contributed by atoms with Crippen molar-refractivity contribution in [2.24, 2.45) is 0 Å². The van der Waals surface area contributed by atoms with E-state index in [2.05, 4.69) is 4.18 Å². The minimum absolute atomic E-state index is 0. The van der Waals surface area contributed by atoms with E-state index in [1.807, 2.05) is 5.32 Å². The first-order valence-corrected chi connectivity index (χ1v) is 6.33. The minimum Gasteiger partial charge on any atom is -0.388 e. The zero-order valence-electron chi connectivity index (χ0n) is 10.8. The summed E-state index contributed by atoms with van der Waals surface area (Å²) in [5, 5.41) is 30.2. The summed E-state index contributed by atoms with van der Waals surface area (Å²) in [6.07, 6.45) is -5.65. The molecule has 5 N–H and O–H groups in total. The maximum atomic E-state index is 10.7. The molecule has 0 bridgehead atoms. The van der Waals surface area contributed by atoms with Crippen LogP contribution in [0, 0.1) is 0 Å². The van der Waals surface area contributed by atoms with Crippen LogP contribution in [0.25, 0.3) is 0 Å². The Balaban J connectivity index is 0. The molecule has 0 aliphatic heterocycles. The molecule has 0 spiro atoms. The Morgan fingerprint density at radius 3 is 2.15 bits per heavy atom. The molecule has 113 valence electrons. The number of amides is 1. The van der Waals surface area contributed by atoms with Gasteiger partial charge in [0.2, 0.25) is 5.91 Å². The average molecular weight is 324 g/mol. The van der Waals surface area contributed by atoms with Crippen molar-refractivity contribution in [3.63, 3.8) is 0 Å². The average Bonchev–Trinajstić information content (AvgIpc) is 2.29. The second kappa shape index (κ2) is 9.76. The number of carbonyl (C=O) groups is 2. The molecule has 0 unspecified atom stereocenters. The molecule has 12 heteroatoms. The molecule has 10 nitrogen and oxygen atoms in total. The number of hydrogen-bond acceptors (Lipinski definition) is 8. The number of aliphatic hydroxyl groups is 3. The van der Waals surface area contributed by atoms with E-state index >= 15 is 0 Å². The number of rotatable bonds is 8. The smallest absolute Gasteiger partial charge is 0.388 e. The van der Waals surface area contributed by atoms with Crippen molar-refractivity contribution in [2.75, 3.05) is 6.61 Å². The summed E-state index contributed by atoms with van der Waals surface area (Å²) in [5.41, 5.74) is 0. The molecule has 0 saturated carbocycles. The van der Waals surface area contributed by atoms with E-state index in [4.69, 9.17) is 4.55 Å². The van der Waals surface area contributed by atoms with Gasteiger partial charge in [0.1, 0.15) is 30.6 Å². The summed E-state index contributed by atoms with van der Waals surface area (Å²) in [6, 6.07) is -1.49. The van der Waals surface area contributed by atoms with E-state index in [-0.39, 0.29) is 35.8 Å². The van der Waals surface area contributed by atoms with Crippen LogP contribution >= 0.6 is 0 Å². The van der Waals surface area contributed by atoms with Crippen molar-refractivity contribution in [3.05, 3.63) is 0 Å². The first-order valence-electron chi connectivity index (χ1n) is 4.97. The Bertz CT molecular complexity index is 414. The second-order valence-corrected chi connectivity index (χ2v) is 4.71. The van der Waals surface area contributed by atoms with E-state index < -0.39 is 47.3 Å². The van der Waals surface area contributed by atoms with Crippen LogP contribution in [0.15, 0.2) is 0 Å². The predicted molar refractivity (Wildman–Crippen MR) is 64.9 cm³/mol. The minimum atomic E-state index is -4.82. The molecule has 0 fully saturated rings. The van der Waals surface area contributed by atoms with Crippen molar-refractivity contribution in [1.29, 1.82) is 0 Å². The van der Waals surface area contributed by atoms with Crippen LogP contribution in [0.3, 0.4) is 0 Å². The summed E-state index contributed by atoms with van der Waals surface area (Å²) in [7, 11) is -4.82. The second-order valence-electron chi connectivity index (χ2n) is 3.62. The zero-order chi connectivity index (χ0) is 15.2. The Hall–Kier alpha value is -0.110. The van der Waals surface area contributed by atoms with Crippen LogP contribution in [0.5, 0.6) is 0 Å². The van der Waals surface area contributed by atoms with Crippen LogP contribution in [0.1, 0.15) is 6.92 Å². The number of nitrogens with one attached hydrogen (secondary N) is 1. The summed E-state index contributed by atoms with van der Waals surface area (Å²) in [6.45, 7) is 0.0240. The van der Waals surface area contributed by atoms with Gasteiger partial charge >= 0.3 is 10.4 Å². The van der Waals surface area contributed by atoms with Crippen molar-refractivity contribution in [2.45, 2.75) is 31.3 Å². The molecular formula is C8H15NNaO9S. The quantitative estimate of drug-likeness (QED) is 0.171. The Morgan fingerprint density at radius 1 is 1.30 bits per heavy atom. The molecule has 1 amide bonds. The third kappa shape index (κ3) is 8.94. The van der Waals surface area contributed by atoms with E-state index in [1.54, 1.807) is 0 Å². The van der Waals surface area contributed by atoms with Crippen molar-refractivity contribution < 1.29 is 42.1 Å². The fraction of sp³-hybridized carbons (Fsp3) is 0.750. The molecule has 0 aromatic rings. The zero-order valence-corrected chi connectivity index (χ0v) is 13.6. The van der Waals surface area contributed by atoms with Crippen molar-refractivity contribution in [3.8, 4) is 0 Å². The van der Waals surface area contributed by atoms with Gasteiger partial charge in [-0.25, -0.2) is 4.18 Å². The van der Waals surface area contributed by atoms with Gasteiger partial charge in [0, 0.05) is 36.5 Å². The normalized spacial score (nSPS) is 17.2. The maximum Gasteiger partial charge on any atom is 0.397 e. The van der Waals surface area contributed by atoms with Gasteiger partial charge in [-0.2, -0.15) is 8.42 Å². The van der Waals surface area contributed by atoms with Crippen LogP contribution in [-0.2, 0) is 24.2 Å².